The third-order valence-corrected chi connectivity index (χ3v) is 3.14. The average Bonchev–Trinajstić information content (AvgIpc) is 2.55. The Bertz CT molecular complexity index is 571. The second-order valence-corrected chi connectivity index (χ2v) is 4.52. The van der Waals surface area contributed by atoms with Crippen molar-refractivity contribution in [2.24, 2.45) is 0 Å². The van der Waals surface area contributed by atoms with Crippen LogP contribution in [0.3, 0.4) is 0 Å². The predicted octanol–water partition coefficient (Wildman–Crippen LogP) is 4.82. The molecule has 0 saturated carbocycles. The second-order valence-electron chi connectivity index (χ2n) is 4.52. The first-order valence-electron chi connectivity index (χ1n) is 6.94. The summed E-state index contributed by atoms with van der Waals surface area (Å²) in [5.74, 6) is 1.78. The smallest absolute Gasteiger partial charge is 0.126 e. The Morgan fingerprint density at radius 3 is 1.57 bits per heavy atom. The summed E-state index contributed by atoms with van der Waals surface area (Å²) in [6.07, 6.45) is 9.24. The van der Waals surface area contributed by atoms with Crippen LogP contribution in [0.4, 0.5) is 0 Å². The van der Waals surface area contributed by atoms with Gasteiger partial charge in [0.2, 0.25) is 0 Å². The molecule has 108 valence electrons. The molecule has 0 bridgehead atoms. The molecule has 0 heterocycles. The zero-order valence-electron chi connectivity index (χ0n) is 12.5. The number of benzene rings is 2. The molecule has 2 rings (SSSR count). The van der Waals surface area contributed by atoms with Gasteiger partial charge in [-0.05, 0) is 18.6 Å². The van der Waals surface area contributed by atoms with Gasteiger partial charge in [-0.25, -0.2) is 0 Å². The van der Waals surface area contributed by atoms with E-state index in [9.17, 15) is 0 Å². The quantitative estimate of drug-likeness (QED) is 0.755. The third kappa shape index (κ3) is 4.25. The van der Waals surface area contributed by atoms with E-state index in [1.165, 1.54) is 0 Å². The van der Waals surface area contributed by atoms with Crippen molar-refractivity contribution in [1.29, 1.82) is 0 Å². The van der Waals surface area contributed by atoms with Crippen LogP contribution in [0.2, 0.25) is 0 Å². The number of allylic oxidation sites excluding steroid dienone is 2. The predicted molar refractivity (Wildman–Crippen MR) is 88.7 cm³/mol. The van der Waals surface area contributed by atoms with Gasteiger partial charge in [0.05, 0.1) is 14.2 Å². The van der Waals surface area contributed by atoms with Crippen LogP contribution in [0.25, 0.3) is 12.2 Å². The lowest BCUT2D eigenvalue weighted by atomic mass is 10.1. The highest BCUT2D eigenvalue weighted by molar-refractivity contribution is 5.59. The number of para-hydroxylation sites is 2. The molecule has 0 spiro atoms. The first-order valence-corrected chi connectivity index (χ1v) is 6.94. The largest absolute Gasteiger partial charge is 0.496 e. The molecule has 2 aromatic carbocycles. The van der Waals surface area contributed by atoms with E-state index in [0.29, 0.717) is 0 Å². The van der Waals surface area contributed by atoms with Gasteiger partial charge in [0.25, 0.3) is 0 Å². The van der Waals surface area contributed by atoms with Crippen LogP contribution in [-0.2, 0) is 0 Å². The molecule has 0 radical (unpaired) electrons. The van der Waals surface area contributed by atoms with Crippen LogP contribution in [-0.4, -0.2) is 14.2 Å². The highest BCUT2D eigenvalue weighted by Crippen LogP contribution is 2.20. The molecule has 0 atom stereocenters. The summed E-state index contributed by atoms with van der Waals surface area (Å²) in [5, 5.41) is 0. The molecule has 0 N–H and O–H groups in total. The van der Waals surface area contributed by atoms with E-state index < -0.39 is 0 Å². The lowest BCUT2D eigenvalue weighted by Crippen LogP contribution is -1.85. The van der Waals surface area contributed by atoms with Gasteiger partial charge in [-0.3, -0.25) is 0 Å². The Morgan fingerprint density at radius 1 is 0.714 bits per heavy atom. The Hall–Kier alpha value is -2.48. The zero-order valence-corrected chi connectivity index (χ0v) is 12.5. The first kappa shape index (κ1) is 14.9. The minimum absolute atomic E-state index is 0.857. The maximum Gasteiger partial charge on any atom is 0.126 e. The molecule has 21 heavy (non-hydrogen) atoms. The first-order chi connectivity index (χ1) is 10.3. The van der Waals surface area contributed by atoms with Gasteiger partial charge in [0.1, 0.15) is 11.5 Å². The standard InChI is InChI=1S/C19H20O2/c1-20-18-14-8-6-12-16(18)10-4-3-5-11-17-13-7-9-15-19(17)21-2/h4-15H,3H2,1-2H3/b10-4+,11-5+. The SMILES string of the molecule is COc1ccccc1/C=C/C/C=C/c1ccccc1OC. The summed E-state index contributed by atoms with van der Waals surface area (Å²) in [5.41, 5.74) is 2.18. The fourth-order valence-electron chi connectivity index (χ4n) is 2.08. The molecule has 0 fully saturated rings. The van der Waals surface area contributed by atoms with Crippen molar-refractivity contribution < 1.29 is 9.47 Å². The van der Waals surface area contributed by atoms with Crippen LogP contribution in [0.15, 0.2) is 60.7 Å². The van der Waals surface area contributed by atoms with Gasteiger partial charge < -0.3 is 9.47 Å². The molecule has 0 aliphatic rings. The zero-order chi connectivity index (χ0) is 14.9. The minimum atomic E-state index is 0.857. The summed E-state index contributed by atoms with van der Waals surface area (Å²) >= 11 is 0. The average molecular weight is 280 g/mol. The van der Waals surface area contributed by atoms with Crippen molar-refractivity contribution in [3.8, 4) is 11.5 Å². The Balaban J connectivity index is 1.97. The van der Waals surface area contributed by atoms with Gasteiger partial charge in [-0.2, -0.15) is 0 Å². The topological polar surface area (TPSA) is 18.5 Å². The van der Waals surface area contributed by atoms with E-state index in [2.05, 4.69) is 24.3 Å². The van der Waals surface area contributed by atoms with E-state index in [0.717, 1.165) is 29.0 Å². The lowest BCUT2D eigenvalue weighted by Gasteiger charge is -2.03. The van der Waals surface area contributed by atoms with Gasteiger partial charge in [0.15, 0.2) is 0 Å². The number of ether oxygens (including phenoxy) is 2. The molecule has 0 aliphatic heterocycles. The van der Waals surface area contributed by atoms with Crippen LogP contribution in [0.1, 0.15) is 17.5 Å². The van der Waals surface area contributed by atoms with Gasteiger partial charge >= 0.3 is 0 Å². The van der Waals surface area contributed by atoms with E-state index in [1.54, 1.807) is 14.2 Å². The van der Waals surface area contributed by atoms with Crippen molar-refractivity contribution >= 4 is 12.2 Å². The number of rotatable bonds is 6. The van der Waals surface area contributed by atoms with Crippen LogP contribution >= 0.6 is 0 Å². The van der Waals surface area contributed by atoms with Gasteiger partial charge in [-0.1, -0.05) is 60.7 Å². The molecular formula is C19H20O2. The molecule has 0 aromatic heterocycles. The summed E-state index contributed by atoms with van der Waals surface area (Å²) in [4.78, 5) is 0. The van der Waals surface area contributed by atoms with Gasteiger partial charge in [0, 0.05) is 11.1 Å². The maximum atomic E-state index is 5.32. The molecule has 2 aromatic rings. The number of hydrogen-bond donors (Lipinski definition) is 0. The summed E-state index contributed by atoms with van der Waals surface area (Å²) < 4.78 is 10.6. The van der Waals surface area contributed by atoms with Crippen LogP contribution < -0.4 is 9.47 Å². The van der Waals surface area contributed by atoms with Gasteiger partial charge in [-0.15, -0.1) is 0 Å². The van der Waals surface area contributed by atoms with E-state index >= 15 is 0 Å². The van der Waals surface area contributed by atoms with Crippen LogP contribution in [0.5, 0.6) is 11.5 Å². The molecule has 2 heteroatoms. The molecular weight excluding hydrogens is 260 g/mol. The Labute approximate surface area is 126 Å². The second kappa shape index (κ2) is 7.95. The lowest BCUT2D eigenvalue weighted by molar-refractivity contribution is 0.414. The van der Waals surface area contributed by atoms with Crippen molar-refractivity contribution in [2.45, 2.75) is 6.42 Å². The van der Waals surface area contributed by atoms with E-state index in [1.807, 2.05) is 48.5 Å². The molecule has 0 unspecified atom stereocenters. The fourth-order valence-corrected chi connectivity index (χ4v) is 2.08. The molecule has 0 aliphatic carbocycles. The van der Waals surface area contributed by atoms with Crippen LogP contribution in [0, 0.1) is 0 Å². The third-order valence-electron chi connectivity index (χ3n) is 3.14. The number of hydrogen-bond acceptors (Lipinski definition) is 2. The highest BCUT2D eigenvalue weighted by atomic mass is 16.5. The summed E-state index contributed by atoms with van der Waals surface area (Å²) in [7, 11) is 3.38. The Kier molecular flexibility index (Phi) is 5.65. The van der Waals surface area contributed by atoms with Crippen molar-refractivity contribution in [1.82, 2.24) is 0 Å². The van der Waals surface area contributed by atoms with Crippen molar-refractivity contribution in [2.75, 3.05) is 14.2 Å². The molecule has 2 nitrogen and oxygen atoms in total. The number of methoxy groups -OCH3 is 2. The summed E-state index contributed by atoms with van der Waals surface area (Å²) in [6.45, 7) is 0. The highest BCUT2D eigenvalue weighted by Gasteiger charge is 1.96. The van der Waals surface area contributed by atoms with Crippen molar-refractivity contribution in [3.63, 3.8) is 0 Å². The Morgan fingerprint density at radius 2 is 1.14 bits per heavy atom. The fraction of sp³-hybridized carbons (Fsp3) is 0.158. The maximum absolute atomic E-state index is 5.32. The van der Waals surface area contributed by atoms with Crippen molar-refractivity contribution in [3.05, 3.63) is 71.8 Å². The summed E-state index contributed by atoms with van der Waals surface area (Å²) in [6, 6.07) is 16.0. The monoisotopic (exact) mass is 280 g/mol. The molecule has 0 amide bonds. The normalized spacial score (nSPS) is 11.1. The minimum Gasteiger partial charge on any atom is -0.496 e. The van der Waals surface area contributed by atoms with E-state index in [4.69, 9.17) is 9.47 Å². The molecule has 0 saturated heterocycles. The van der Waals surface area contributed by atoms with E-state index in [-0.39, 0.29) is 0 Å².